The van der Waals surface area contributed by atoms with E-state index in [1.807, 2.05) is 0 Å². The second-order valence-electron chi connectivity index (χ2n) is 7.77. The van der Waals surface area contributed by atoms with Gasteiger partial charge in [0.05, 0.1) is 0 Å². The predicted octanol–water partition coefficient (Wildman–Crippen LogP) is 4.47. The number of hydrogen-bond donors (Lipinski definition) is 1. The molecule has 0 radical (unpaired) electrons. The molecule has 18 heavy (non-hydrogen) atoms. The van der Waals surface area contributed by atoms with Crippen molar-refractivity contribution in [2.45, 2.75) is 78.8 Å². The van der Waals surface area contributed by atoms with Gasteiger partial charge >= 0.3 is 0 Å². The maximum Gasteiger partial charge on any atom is 0.0103 e. The van der Waals surface area contributed by atoms with Crippen LogP contribution in [0.25, 0.3) is 0 Å². The van der Waals surface area contributed by atoms with Crippen molar-refractivity contribution in [2.24, 2.45) is 29.6 Å². The Morgan fingerprint density at radius 3 is 2.11 bits per heavy atom. The quantitative estimate of drug-likeness (QED) is 0.777. The Morgan fingerprint density at radius 1 is 0.889 bits per heavy atom. The lowest BCUT2D eigenvalue weighted by Crippen LogP contribution is -2.52. The largest absolute Gasteiger partial charge is 0.311 e. The maximum absolute atomic E-state index is 4.00. The summed E-state index contributed by atoms with van der Waals surface area (Å²) >= 11 is 0. The Hall–Kier alpha value is -0.0400. The summed E-state index contributed by atoms with van der Waals surface area (Å²) in [5.41, 5.74) is 0. The molecule has 3 unspecified atom stereocenters. The van der Waals surface area contributed by atoms with Crippen molar-refractivity contribution in [3.05, 3.63) is 0 Å². The summed E-state index contributed by atoms with van der Waals surface area (Å²) < 4.78 is 0. The van der Waals surface area contributed by atoms with Gasteiger partial charge in [0.2, 0.25) is 0 Å². The summed E-state index contributed by atoms with van der Waals surface area (Å²) in [5, 5.41) is 4.00. The molecule has 0 aromatic heterocycles. The molecule has 2 aliphatic rings. The Bertz CT molecular complexity index is 252. The second-order valence-corrected chi connectivity index (χ2v) is 7.77. The molecule has 2 rings (SSSR count). The van der Waals surface area contributed by atoms with Crippen molar-refractivity contribution in [1.29, 1.82) is 0 Å². The highest BCUT2D eigenvalue weighted by Crippen LogP contribution is 2.38. The van der Waals surface area contributed by atoms with Gasteiger partial charge in [-0.2, -0.15) is 0 Å². The lowest BCUT2D eigenvalue weighted by molar-refractivity contribution is 0.104. The predicted molar refractivity (Wildman–Crippen MR) is 79.6 cm³/mol. The molecule has 0 saturated heterocycles. The van der Waals surface area contributed by atoms with Crippen molar-refractivity contribution in [3.8, 4) is 0 Å². The smallest absolute Gasteiger partial charge is 0.0103 e. The molecule has 2 fully saturated rings. The van der Waals surface area contributed by atoms with Crippen LogP contribution in [-0.4, -0.2) is 12.1 Å². The average molecular weight is 251 g/mol. The fraction of sp³-hybridized carbons (Fsp3) is 1.00. The molecule has 1 N–H and O–H groups in total. The Morgan fingerprint density at radius 2 is 1.56 bits per heavy atom. The van der Waals surface area contributed by atoms with E-state index >= 15 is 0 Å². The third-order valence-electron chi connectivity index (χ3n) is 5.59. The summed E-state index contributed by atoms with van der Waals surface area (Å²) in [6.45, 7) is 12.0. The fourth-order valence-corrected chi connectivity index (χ4v) is 4.04. The van der Waals surface area contributed by atoms with Gasteiger partial charge < -0.3 is 5.32 Å². The van der Waals surface area contributed by atoms with Gasteiger partial charge in [0, 0.05) is 12.1 Å². The van der Waals surface area contributed by atoms with E-state index in [-0.39, 0.29) is 0 Å². The van der Waals surface area contributed by atoms with Gasteiger partial charge in [-0.3, -0.25) is 0 Å². The van der Waals surface area contributed by atoms with Crippen molar-refractivity contribution < 1.29 is 0 Å². The third kappa shape index (κ3) is 3.29. The summed E-state index contributed by atoms with van der Waals surface area (Å²) in [6.07, 6.45) is 7.14. The summed E-state index contributed by atoms with van der Waals surface area (Å²) in [6, 6.07) is 1.63. The maximum atomic E-state index is 4.00. The van der Waals surface area contributed by atoms with Gasteiger partial charge in [0.1, 0.15) is 0 Å². The Kier molecular flexibility index (Phi) is 4.75. The molecule has 106 valence electrons. The fourth-order valence-electron chi connectivity index (χ4n) is 4.04. The SMILES string of the molecule is CC1CCC(C(C)C)C(NC2CC(C(C)C)C2)C1. The van der Waals surface area contributed by atoms with E-state index in [0.717, 1.165) is 41.7 Å². The Balaban J connectivity index is 1.82. The molecule has 0 aromatic carbocycles. The third-order valence-corrected chi connectivity index (χ3v) is 5.59. The molecule has 0 aliphatic heterocycles. The molecular weight excluding hydrogens is 218 g/mol. The normalized spacial score (nSPS) is 41.2. The zero-order valence-electron chi connectivity index (χ0n) is 13.1. The first kappa shape index (κ1) is 14.4. The van der Waals surface area contributed by atoms with Crippen LogP contribution in [0, 0.1) is 29.6 Å². The van der Waals surface area contributed by atoms with Crippen LogP contribution in [0.2, 0.25) is 0 Å². The molecule has 1 heteroatoms. The van der Waals surface area contributed by atoms with Crippen LogP contribution in [0.5, 0.6) is 0 Å². The standard InChI is InChI=1S/C17H33N/c1-11(2)14-9-15(10-14)18-17-8-13(5)6-7-16(17)12(3)4/h11-18H,6-10H2,1-5H3. The number of hydrogen-bond acceptors (Lipinski definition) is 1. The van der Waals surface area contributed by atoms with E-state index in [2.05, 4.69) is 39.9 Å². The van der Waals surface area contributed by atoms with E-state index in [0.29, 0.717) is 0 Å². The molecule has 1 nitrogen and oxygen atoms in total. The summed E-state index contributed by atoms with van der Waals surface area (Å²) in [7, 11) is 0. The summed E-state index contributed by atoms with van der Waals surface area (Å²) in [5.74, 6) is 4.56. The van der Waals surface area contributed by atoms with Crippen LogP contribution in [-0.2, 0) is 0 Å². The van der Waals surface area contributed by atoms with Gasteiger partial charge in [-0.25, -0.2) is 0 Å². The van der Waals surface area contributed by atoms with Gasteiger partial charge in [-0.15, -0.1) is 0 Å². The molecule has 2 aliphatic carbocycles. The van der Waals surface area contributed by atoms with Crippen LogP contribution in [0.3, 0.4) is 0 Å². The molecule has 0 amide bonds. The zero-order valence-corrected chi connectivity index (χ0v) is 13.1. The van der Waals surface area contributed by atoms with Crippen LogP contribution >= 0.6 is 0 Å². The van der Waals surface area contributed by atoms with E-state index in [1.54, 1.807) is 0 Å². The molecule has 3 atom stereocenters. The summed E-state index contributed by atoms with van der Waals surface area (Å²) in [4.78, 5) is 0. The van der Waals surface area contributed by atoms with Gasteiger partial charge in [0.25, 0.3) is 0 Å². The first-order valence-electron chi connectivity index (χ1n) is 8.23. The van der Waals surface area contributed by atoms with Gasteiger partial charge in [0.15, 0.2) is 0 Å². The van der Waals surface area contributed by atoms with Gasteiger partial charge in [-0.05, 0) is 55.3 Å². The van der Waals surface area contributed by atoms with Crippen LogP contribution < -0.4 is 5.32 Å². The van der Waals surface area contributed by atoms with E-state index in [9.17, 15) is 0 Å². The highest BCUT2D eigenvalue weighted by molar-refractivity contribution is 4.93. The lowest BCUT2D eigenvalue weighted by Gasteiger charge is -2.45. The molecule has 2 saturated carbocycles. The van der Waals surface area contributed by atoms with Crippen molar-refractivity contribution in [3.63, 3.8) is 0 Å². The molecule has 0 bridgehead atoms. The minimum Gasteiger partial charge on any atom is -0.311 e. The van der Waals surface area contributed by atoms with Crippen LogP contribution in [0.4, 0.5) is 0 Å². The lowest BCUT2D eigenvalue weighted by atomic mass is 9.70. The van der Waals surface area contributed by atoms with Gasteiger partial charge in [-0.1, -0.05) is 41.0 Å². The van der Waals surface area contributed by atoms with E-state index in [1.165, 1.54) is 32.1 Å². The van der Waals surface area contributed by atoms with Crippen molar-refractivity contribution >= 4 is 0 Å². The number of rotatable bonds is 4. The first-order valence-corrected chi connectivity index (χ1v) is 8.23. The molecule has 0 spiro atoms. The molecule has 0 heterocycles. The average Bonchev–Trinajstić information content (AvgIpc) is 2.21. The van der Waals surface area contributed by atoms with E-state index in [4.69, 9.17) is 0 Å². The monoisotopic (exact) mass is 251 g/mol. The highest BCUT2D eigenvalue weighted by Gasteiger charge is 2.36. The minimum atomic E-state index is 0.798. The Labute approximate surface area is 114 Å². The number of nitrogens with one attached hydrogen (secondary N) is 1. The van der Waals surface area contributed by atoms with Crippen LogP contribution in [0.1, 0.15) is 66.7 Å². The van der Waals surface area contributed by atoms with Crippen molar-refractivity contribution in [1.82, 2.24) is 5.32 Å². The molecular formula is C17H33N. The topological polar surface area (TPSA) is 12.0 Å². The van der Waals surface area contributed by atoms with Crippen LogP contribution in [0.15, 0.2) is 0 Å². The molecule has 0 aromatic rings. The van der Waals surface area contributed by atoms with E-state index < -0.39 is 0 Å². The highest BCUT2D eigenvalue weighted by atomic mass is 15.0. The minimum absolute atomic E-state index is 0.798. The second kappa shape index (κ2) is 5.94. The zero-order chi connectivity index (χ0) is 13.3. The first-order chi connectivity index (χ1) is 8.47. The van der Waals surface area contributed by atoms with Crippen molar-refractivity contribution in [2.75, 3.05) is 0 Å².